The molecular formula is C13H20ClN3O. The summed E-state index contributed by atoms with van der Waals surface area (Å²) in [6, 6.07) is 0. The lowest BCUT2D eigenvalue weighted by atomic mass is 9.73. The molecule has 0 bridgehead atoms. The number of nitrogens with zero attached hydrogens (tertiary/aromatic N) is 2. The van der Waals surface area contributed by atoms with E-state index in [0.717, 1.165) is 43.6 Å². The Bertz CT molecular complexity index is 463. The molecule has 0 aliphatic heterocycles. The van der Waals surface area contributed by atoms with Crippen LogP contribution in [0.25, 0.3) is 0 Å². The Morgan fingerprint density at radius 1 is 1.50 bits per heavy atom. The van der Waals surface area contributed by atoms with Crippen LogP contribution in [0.2, 0.25) is 5.02 Å². The minimum Gasteiger partial charge on any atom is -0.319 e. The van der Waals surface area contributed by atoms with Crippen LogP contribution in [-0.4, -0.2) is 21.1 Å². The summed E-state index contributed by atoms with van der Waals surface area (Å²) in [6.07, 6.45) is 3.72. The minimum absolute atomic E-state index is 0.0907. The topological polar surface area (TPSA) is 60.9 Å². The SMILES string of the molecule is CCc1nn(CC)c(CC(=O)C2(N)CCC2)c1Cl. The maximum atomic E-state index is 12.2. The molecule has 0 aromatic carbocycles. The molecule has 100 valence electrons. The Morgan fingerprint density at radius 2 is 2.17 bits per heavy atom. The first-order valence-electron chi connectivity index (χ1n) is 6.58. The number of hydrogen-bond donors (Lipinski definition) is 1. The van der Waals surface area contributed by atoms with E-state index in [1.54, 1.807) is 0 Å². The first kappa shape index (κ1) is 13.6. The van der Waals surface area contributed by atoms with Crippen LogP contribution < -0.4 is 5.73 Å². The van der Waals surface area contributed by atoms with Crippen LogP contribution in [0.3, 0.4) is 0 Å². The molecule has 1 fully saturated rings. The van der Waals surface area contributed by atoms with Crippen molar-refractivity contribution in [3.05, 3.63) is 16.4 Å². The van der Waals surface area contributed by atoms with Gasteiger partial charge in [-0.15, -0.1) is 0 Å². The molecule has 0 atom stereocenters. The van der Waals surface area contributed by atoms with Gasteiger partial charge in [-0.05, 0) is 32.6 Å². The van der Waals surface area contributed by atoms with Gasteiger partial charge in [0, 0.05) is 6.54 Å². The van der Waals surface area contributed by atoms with Gasteiger partial charge >= 0.3 is 0 Å². The average Bonchev–Trinajstić information content (AvgIpc) is 2.63. The molecule has 4 nitrogen and oxygen atoms in total. The molecule has 2 rings (SSSR count). The Hall–Kier alpha value is -0.870. The van der Waals surface area contributed by atoms with Crippen molar-refractivity contribution in [2.45, 2.75) is 58.0 Å². The van der Waals surface area contributed by atoms with Crippen molar-refractivity contribution < 1.29 is 4.79 Å². The van der Waals surface area contributed by atoms with E-state index in [9.17, 15) is 4.79 Å². The highest BCUT2D eigenvalue weighted by atomic mass is 35.5. The molecule has 0 spiro atoms. The van der Waals surface area contributed by atoms with Gasteiger partial charge in [-0.3, -0.25) is 9.48 Å². The summed E-state index contributed by atoms with van der Waals surface area (Å²) in [5.41, 5.74) is 7.12. The standard InChI is InChI=1S/C13H20ClN3O/c1-3-9-12(14)10(17(4-2)16-9)8-11(18)13(15)6-5-7-13/h3-8,15H2,1-2H3. The Kier molecular flexibility index (Phi) is 3.78. The third kappa shape index (κ3) is 2.19. The molecule has 1 heterocycles. The van der Waals surface area contributed by atoms with Gasteiger partial charge in [0.05, 0.1) is 28.4 Å². The van der Waals surface area contributed by atoms with Gasteiger partial charge in [0.1, 0.15) is 0 Å². The number of Topliss-reactive ketones (excluding diaryl/α,β-unsaturated/α-hetero) is 1. The molecule has 18 heavy (non-hydrogen) atoms. The van der Waals surface area contributed by atoms with Gasteiger partial charge in [-0.25, -0.2) is 0 Å². The van der Waals surface area contributed by atoms with Crippen LogP contribution in [0.15, 0.2) is 0 Å². The molecule has 1 aliphatic rings. The van der Waals surface area contributed by atoms with Crippen molar-refractivity contribution in [1.82, 2.24) is 9.78 Å². The highest BCUT2D eigenvalue weighted by Crippen LogP contribution is 2.32. The summed E-state index contributed by atoms with van der Waals surface area (Å²) in [7, 11) is 0. The second-order valence-corrected chi connectivity index (χ2v) is 5.36. The Balaban J connectivity index is 2.22. The number of hydrogen-bond acceptors (Lipinski definition) is 3. The molecule has 2 N–H and O–H groups in total. The number of aromatic nitrogens is 2. The molecule has 0 saturated heterocycles. The quantitative estimate of drug-likeness (QED) is 0.891. The molecule has 1 aliphatic carbocycles. The van der Waals surface area contributed by atoms with Crippen molar-refractivity contribution in [3.63, 3.8) is 0 Å². The van der Waals surface area contributed by atoms with Crippen molar-refractivity contribution in [2.75, 3.05) is 0 Å². The van der Waals surface area contributed by atoms with Gasteiger partial charge in [0.25, 0.3) is 0 Å². The van der Waals surface area contributed by atoms with E-state index < -0.39 is 5.54 Å². The predicted octanol–water partition coefficient (Wildman–Crippen LogP) is 2.11. The fourth-order valence-electron chi connectivity index (χ4n) is 2.35. The van der Waals surface area contributed by atoms with Gasteiger partial charge in [-0.1, -0.05) is 18.5 Å². The van der Waals surface area contributed by atoms with E-state index in [2.05, 4.69) is 5.10 Å². The molecule has 5 heteroatoms. The third-order valence-corrected chi connectivity index (χ3v) is 4.26. The first-order valence-corrected chi connectivity index (χ1v) is 6.96. The van der Waals surface area contributed by atoms with E-state index in [-0.39, 0.29) is 5.78 Å². The fourth-order valence-corrected chi connectivity index (χ4v) is 2.69. The van der Waals surface area contributed by atoms with Crippen molar-refractivity contribution in [2.24, 2.45) is 5.73 Å². The summed E-state index contributed by atoms with van der Waals surface area (Å²) < 4.78 is 1.82. The monoisotopic (exact) mass is 269 g/mol. The van der Waals surface area contributed by atoms with Gasteiger partial charge < -0.3 is 5.73 Å². The van der Waals surface area contributed by atoms with E-state index in [4.69, 9.17) is 17.3 Å². The first-order chi connectivity index (χ1) is 8.51. The summed E-state index contributed by atoms with van der Waals surface area (Å²) in [5.74, 6) is 0.0907. The van der Waals surface area contributed by atoms with Crippen molar-refractivity contribution in [1.29, 1.82) is 0 Å². The second-order valence-electron chi connectivity index (χ2n) is 4.99. The lowest BCUT2D eigenvalue weighted by Gasteiger charge is -2.36. The van der Waals surface area contributed by atoms with E-state index in [1.807, 2.05) is 18.5 Å². The van der Waals surface area contributed by atoms with Crippen molar-refractivity contribution in [3.8, 4) is 0 Å². The number of ketones is 1. The highest BCUT2D eigenvalue weighted by Gasteiger charge is 2.40. The summed E-state index contributed by atoms with van der Waals surface area (Å²) in [5, 5.41) is 5.05. The van der Waals surface area contributed by atoms with Crippen LogP contribution in [0.1, 0.15) is 44.5 Å². The van der Waals surface area contributed by atoms with Crippen LogP contribution >= 0.6 is 11.6 Å². The van der Waals surface area contributed by atoms with Gasteiger partial charge in [0.15, 0.2) is 5.78 Å². The lowest BCUT2D eigenvalue weighted by Crippen LogP contribution is -2.54. The largest absolute Gasteiger partial charge is 0.319 e. The zero-order valence-electron chi connectivity index (χ0n) is 11.0. The van der Waals surface area contributed by atoms with Crippen LogP contribution in [-0.2, 0) is 24.2 Å². The maximum absolute atomic E-state index is 12.2. The van der Waals surface area contributed by atoms with Crippen LogP contribution in [0.4, 0.5) is 0 Å². The van der Waals surface area contributed by atoms with Crippen LogP contribution in [0.5, 0.6) is 0 Å². The van der Waals surface area contributed by atoms with Crippen molar-refractivity contribution >= 4 is 17.4 Å². The molecule has 0 unspecified atom stereocenters. The predicted molar refractivity (Wildman–Crippen MR) is 71.8 cm³/mol. The number of rotatable bonds is 5. The fraction of sp³-hybridized carbons (Fsp3) is 0.692. The Morgan fingerprint density at radius 3 is 2.61 bits per heavy atom. The number of nitrogens with two attached hydrogens (primary N) is 1. The lowest BCUT2D eigenvalue weighted by molar-refractivity contribution is -0.126. The number of carbonyl (C=O) groups excluding carboxylic acids is 1. The molecule has 1 aromatic rings. The van der Waals surface area contributed by atoms with Gasteiger partial charge in [0.2, 0.25) is 0 Å². The molecule has 1 aromatic heterocycles. The number of aryl methyl sites for hydroxylation is 2. The maximum Gasteiger partial charge on any atom is 0.158 e. The van der Waals surface area contributed by atoms with Gasteiger partial charge in [-0.2, -0.15) is 5.10 Å². The van der Waals surface area contributed by atoms with E-state index in [1.165, 1.54) is 0 Å². The normalized spacial score (nSPS) is 17.6. The smallest absolute Gasteiger partial charge is 0.158 e. The highest BCUT2D eigenvalue weighted by molar-refractivity contribution is 6.32. The molecule has 1 saturated carbocycles. The second kappa shape index (κ2) is 5.02. The van der Waals surface area contributed by atoms with E-state index in [0.29, 0.717) is 11.4 Å². The Labute approximate surface area is 112 Å². The van der Waals surface area contributed by atoms with E-state index >= 15 is 0 Å². The zero-order valence-corrected chi connectivity index (χ0v) is 11.8. The average molecular weight is 270 g/mol. The summed E-state index contributed by atoms with van der Waals surface area (Å²) in [4.78, 5) is 12.2. The molecular weight excluding hydrogens is 250 g/mol. The van der Waals surface area contributed by atoms with Crippen LogP contribution in [0, 0.1) is 0 Å². The summed E-state index contributed by atoms with van der Waals surface area (Å²) in [6.45, 7) is 4.73. The minimum atomic E-state index is -0.613. The molecule has 0 amide bonds. The number of carbonyl (C=O) groups is 1. The molecule has 0 radical (unpaired) electrons. The summed E-state index contributed by atoms with van der Waals surface area (Å²) >= 11 is 6.29. The zero-order chi connectivity index (χ0) is 13.3. The third-order valence-electron chi connectivity index (χ3n) is 3.82. The number of halogens is 1.